The van der Waals surface area contributed by atoms with Gasteiger partial charge in [-0.15, -0.1) is 0 Å². The molecule has 114 valence electrons. The first-order valence-electron chi connectivity index (χ1n) is 8.63. The number of fused-ring (bicyclic) bond motifs is 4. The number of allylic oxidation sites excluding steroid dienone is 4. The second-order valence-electron chi connectivity index (χ2n) is 7.70. The fourth-order valence-electron chi connectivity index (χ4n) is 5.81. The van der Waals surface area contributed by atoms with Crippen LogP contribution < -0.4 is 0 Å². The molecule has 0 spiro atoms. The van der Waals surface area contributed by atoms with Crippen molar-refractivity contribution in [3.63, 3.8) is 0 Å². The Labute approximate surface area is 127 Å². The van der Waals surface area contributed by atoms with E-state index in [1.54, 1.807) is 18.3 Å². The molecule has 4 aliphatic carbocycles. The molecule has 0 saturated heterocycles. The van der Waals surface area contributed by atoms with Gasteiger partial charge >= 0.3 is 0 Å². The van der Waals surface area contributed by atoms with Gasteiger partial charge in [0.1, 0.15) is 5.78 Å². The molecule has 0 amide bonds. The van der Waals surface area contributed by atoms with E-state index < -0.39 is 0 Å². The van der Waals surface area contributed by atoms with Crippen LogP contribution in [0.15, 0.2) is 23.0 Å². The van der Waals surface area contributed by atoms with Crippen LogP contribution in [0.5, 0.6) is 0 Å². The lowest BCUT2D eigenvalue weighted by Gasteiger charge is -2.49. The molecule has 0 bridgehead atoms. The molecule has 0 N–H and O–H groups in total. The van der Waals surface area contributed by atoms with E-state index in [-0.39, 0.29) is 5.41 Å². The zero-order chi connectivity index (χ0) is 14.6. The summed E-state index contributed by atoms with van der Waals surface area (Å²) in [6.45, 7) is 2.26. The van der Waals surface area contributed by atoms with Gasteiger partial charge in [0.25, 0.3) is 0 Å². The summed E-state index contributed by atoms with van der Waals surface area (Å²) in [5.41, 5.74) is 3.29. The topological polar surface area (TPSA) is 26.3 Å². The van der Waals surface area contributed by atoms with Gasteiger partial charge in [0, 0.05) is 18.3 Å². The van der Waals surface area contributed by atoms with Crippen LogP contribution in [0.2, 0.25) is 0 Å². The Hall–Kier alpha value is -1.05. The molecule has 0 radical (unpaired) electrons. The summed E-state index contributed by atoms with van der Waals surface area (Å²) in [5, 5.41) is 0. The van der Waals surface area contributed by atoms with E-state index in [2.05, 4.69) is 13.0 Å². The third-order valence-electron chi connectivity index (χ3n) is 6.99. The summed E-state index contributed by atoms with van der Waals surface area (Å²) in [5.74, 6) is 3.89. The highest BCUT2D eigenvalue weighted by Gasteiger charge is 2.54. The normalized spacial score (nSPS) is 42.1. The number of carbonyl (C=O) groups excluding carboxylic acids is 1. The molecule has 4 rings (SSSR count). The van der Waals surface area contributed by atoms with Gasteiger partial charge in [0.15, 0.2) is 0 Å². The number of ketones is 1. The fraction of sp³-hybridized carbons (Fsp3) is 0.737. The van der Waals surface area contributed by atoms with Crippen LogP contribution in [-0.2, 0) is 9.53 Å². The van der Waals surface area contributed by atoms with Gasteiger partial charge in [0.2, 0.25) is 0 Å². The van der Waals surface area contributed by atoms with Crippen molar-refractivity contribution in [2.45, 2.75) is 58.3 Å². The average Bonchev–Trinajstić information content (AvgIpc) is 2.82. The second kappa shape index (κ2) is 4.72. The van der Waals surface area contributed by atoms with Gasteiger partial charge < -0.3 is 4.74 Å². The fourth-order valence-corrected chi connectivity index (χ4v) is 5.81. The Morgan fingerprint density at radius 3 is 2.81 bits per heavy atom. The van der Waals surface area contributed by atoms with Crippen LogP contribution in [0.1, 0.15) is 58.3 Å². The molecular weight excluding hydrogens is 260 g/mol. The number of methoxy groups -OCH3 is 1. The van der Waals surface area contributed by atoms with Crippen LogP contribution in [0.4, 0.5) is 0 Å². The van der Waals surface area contributed by atoms with Crippen molar-refractivity contribution >= 4 is 5.78 Å². The van der Waals surface area contributed by atoms with Crippen LogP contribution in [-0.4, -0.2) is 12.9 Å². The minimum atomic E-state index is 0.0153. The summed E-state index contributed by atoms with van der Waals surface area (Å²) in [7, 11) is 1.79. The number of hydrogen-bond donors (Lipinski definition) is 0. The highest BCUT2D eigenvalue weighted by atomic mass is 16.5. The van der Waals surface area contributed by atoms with Crippen molar-refractivity contribution in [3.8, 4) is 0 Å². The molecule has 2 fully saturated rings. The lowest BCUT2D eigenvalue weighted by atomic mass is 9.55. The van der Waals surface area contributed by atoms with E-state index in [1.165, 1.54) is 25.7 Å². The first-order chi connectivity index (χ1) is 10.1. The zero-order valence-corrected chi connectivity index (χ0v) is 13.3. The molecule has 2 nitrogen and oxygen atoms in total. The molecule has 0 aromatic rings. The molecule has 0 unspecified atom stereocenters. The molecule has 2 saturated carbocycles. The highest BCUT2D eigenvalue weighted by Crippen LogP contribution is 2.59. The van der Waals surface area contributed by atoms with Crippen LogP contribution in [0.3, 0.4) is 0 Å². The number of hydrogen-bond acceptors (Lipinski definition) is 2. The highest BCUT2D eigenvalue weighted by molar-refractivity contribution is 5.87. The van der Waals surface area contributed by atoms with Crippen molar-refractivity contribution in [1.29, 1.82) is 0 Å². The predicted octanol–water partition coefficient (Wildman–Crippen LogP) is 4.41. The summed E-state index contributed by atoms with van der Waals surface area (Å²) in [6, 6.07) is 0. The standard InChI is InChI=1S/C19H26O2/c1-19-10-9-15-14-6-4-13(21-2)11-12(14)3-5-16(15)17(19)7-8-18(19)20/h11,15-17H,3-10H2,1-2H3/t15-,16-,17+,19+/m1/s1. The Bertz CT molecular complexity index is 542. The van der Waals surface area contributed by atoms with Crippen molar-refractivity contribution in [3.05, 3.63) is 23.0 Å². The molecular formula is C19H26O2. The van der Waals surface area contributed by atoms with Gasteiger partial charge in [-0.2, -0.15) is 0 Å². The Morgan fingerprint density at radius 2 is 2.00 bits per heavy atom. The number of Topliss-reactive ketones (excluding diaryl/α,β-unsaturated/α-hetero) is 1. The zero-order valence-electron chi connectivity index (χ0n) is 13.3. The van der Waals surface area contributed by atoms with Crippen molar-refractivity contribution in [2.24, 2.45) is 23.2 Å². The molecule has 2 heteroatoms. The summed E-state index contributed by atoms with van der Waals surface area (Å²) < 4.78 is 5.46. The number of carbonyl (C=O) groups is 1. The van der Waals surface area contributed by atoms with Crippen LogP contribution in [0.25, 0.3) is 0 Å². The summed E-state index contributed by atoms with van der Waals surface area (Å²) in [4.78, 5) is 12.3. The maximum atomic E-state index is 12.3. The third kappa shape index (κ3) is 1.87. The van der Waals surface area contributed by atoms with Crippen LogP contribution >= 0.6 is 0 Å². The second-order valence-corrected chi connectivity index (χ2v) is 7.70. The smallest absolute Gasteiger partial charge is 0.139 e. The minimum Gasteiger partial charge on any atom is -0.501 e. The first kappa shape index (κ1) is 13.6. The summed E-state index contributed by atoms with van der Waals surface area (Å²) in [6.07, 6.45) is 11.4. The predicted molar refractivity (Wildman–Crippen MR) is 82.6 cm³/mol. The van der Waals surface area contributed by atoms with E-state index >= 15 is 0 Å². The van der Waals surface area contributed by atoms with Crippen molar-refractivity contribution in [1.82, 2.24) is 0 Å². The molecule has 0 aromatic carbocycles. The Balaban J connectivity index is 1.66. The lowest BCUT2D eigenvalue weighted by Crippen LogP contribution is -2.43. The monoisotopic (exact) mass is 286 g/mol. The van der Waals surface area contributed by atoms with Gasteiger partial charge in [-0.25, -0.2) is 0 Å². The van der Waals surface area contributed by atoms with Gasteiger partial charge in [-0.05, 0) is 67.9 Å². The van der Waals surface area contributed by atoms with E-state index in [4.69, 9.17) is 4.74 Å². The largest absolute Gasteiger partial charge is 0.501 e. The molecule has 0 aromatic heterocycles. The van der Waals surface area contributed by atoms with E-state index in [1.807, 2.05) is 0 Å². The molecule has 21 heavy (non-hydrogen) atoms. The molecule has 0 heterocycles. The van der Waals surface area contributed by atoms with Crippen molar-refractivity contribution < 1.29 is 9.53 Å². The summed E-state index contributed by atoms with van der Waals surface area (Å²) >= 11 is 0. The van der Waals surface area contributed by atoms with Gasteiger partial charge in [0.05, 0.1) is 12.9 Å². The van der Waals surface area contributed by atoms with Gasteiger partial charge in [-0.1, -0.05) is 12.5 Å². The van der Waals surface area contributed by atoms with Crippen molar-refractivity contribution in [2.75, 3.05) is 7.11 Å². The Kier molecular flexibility index (Phi) is 3.06. The number of ether oxygens (including phenoxy) is 1. The Morgan fingerprint density at radius 1 is 1.14 bits per heavy atom. The molecule has 4 aliphatic rings. The van der Waals surface area contributed by atoms with Gasteiger partial charge in [-0.3, -0.25) is 4.79 Å². The minimum absolute atomic E-state index is 0.0153. The lowest BCUT2D eigenvalue weighted by molar-refractivity contribution is -0.129. The van der Waals surface area contributed by atoms with Crippen LogP contribution in [0, 0.1) is 23.2 Å². The SMILES string of the molecule is COC1=CC2=C(CC1)[C@H]1CC[C@]3(C)C(=O)CC[C@H]3[C@@H]1CC2. The van der Waals surface area contributed by atoms with E-state index in [0.717, 1.165) is 43.3 Å². The van der Waals surface area contributed by atoms with E-state index in [9.17, 15) is 4.79 Å². The molecule has 0 aliphatic heterocycles. The quantitative estimate of drug-likeness (QED) is 0.713. The average molecular weight is 286 g/mol. The first-order valence-corrected chi connectivity index (χ1v) is 8.63. The third-order valence-corrected chi connectivity index (χ3v) is 6.99. The maximum Gasteiger partial charge on any atom is 0.139 e. The number of rotatable bonds is 1. The molecule has 4 atom stereocenters. The maximum absolute atomic E-state index is 12.3. The van der Waals surface area contributed by atoms with E-state index in [0.29, 0.717) is 11.7 Å².